The van der Waals surface area contributed by atoms with E-state index in [-0.39, 0.29) is 5.91 Å². The molecule has 1 fully saturated rings. The van der Waals surface area contributed by atoms with Crippen molar-refractivity contribution in [3.05, 3.63) is 56.9 Å². The first kappa shape index (κ1) is 21.5. The van der Waals surface area contributed by atoms with Gasteiger partial charge in [-0.2, -0.15) is 0 Å². The first-order valence-corrected chi connectivity index (χ1v) is 10.4. The summed E-state index contributed by atoms with van der Waals surface area (Å²) in [5.74, 6) is 1.50. The summed E-state index contributed by atoms with van der Waals surface area (Å²) in [6, 6.07) is 9.50. The summed E-state index contributed by atoms with van der Waals surface area (Å²) in [7, 11) is 1.54. The van der Waals surface area contributed by atoms with Crippen molar-refractivity contribution in [1.82, 2.24) is 5.32 Å². The van der Waals surface area contributed by atoms with Crippen LogP contribution in [0.5, 0.6) is 17.2 Å². The standard InChI is InChI=1S/C21H20ClNO4S2/c1-12-4-5-16(13(2)8-12)26-6-7-27-19-15(22)9-14(10-17(19)25-3)11-18-20(24)23-21(28)29-18/h4-5,8-11H,6-7H2,1-3H3,(H,23,24,28)/b18-11-. The van der Waals surface area contributed by atoms with Crippen molar-refractivity contribution in [3.63, 3.8) is 0 Å². The van der Waals surface area contributed by atoms with Crippen LogP contribution in [0.25, 0.3) is 6.08 Å². The van der Waals surface area contributed by atoms with Gasteiger partial charge in [-0.15, -0.1) is 0 Å². The second kappa shape index (κ2) is 9.52. The SMILES string of the molecule is COc1cc(/C=C2\SC(=S)NC2=O)cc(Cl)c1OCCOc1ccc(C)cc1C. The van der Waals surface area contributed by atoms with Crippen molar-refractivity contribution in [1.29, 1.82) is 0 Å². The summed E-state index contributed by atoms with van der Waals surface area (Å²) < 4.78 is 17.4. The van der Waals surface area contributed by atoms with Crippen LogP contribution in [0.2, 0.25) is 5.02 Å². The molecule has 1 amide bonds. The number of carbonyl (C=O) groups is 1. The zero-order chi connectivity index (χ0) is 21.0. The lowest BCUT2D eigenvalue weighted by Crippen LogP contribution is -2.17. The van der Waals surface area contributed by atoms with E-state index in [4.69, 9.17) is 38.0 Å². The molecule has 2 aromatic carbocycles. The van der Waals surface area contributed by atoms with Crippen LogP contribution in [0, 0.1) is 13.8 Å². The average Bonchev–Trinajstić information content (AvgIpc) is 2.98. The van der Waals surface area contributed by atoms with E-state index in [2.05, 4.69) is 11.4 Å². The largest absolute Gasteiger partial charge is 0.493 e. The molecule has 0 bridgehead atoms. The van der Waals surface area contributed by atoms with E-state index in [9.17, 15) is 4.79 Å². The number of hydrogen-bond donors (Lipinski definition) is 1. The maximum absolute atomic E-state index is 11.8. The molecule has 1 aliphatic rings. The van der Waals surface area contributed by atoms with Crippen molar-refractivity contribution >= 4 is 51.9 Å². The molecule has 5 nitrogen and oxygen atoms in total. The molecule has 29 heavy (non-hydrogen) atoms. The number of amides is 1. The highest BCUT2D eigenvalue weighted by Crippen LogP contribution is 2.38. The third-order valence-corrected chi connectivity index (χ3v) is 5.55. The van der Waals surface area contributed by atoms with Gasteiger partial charge in [0.05, 0.1) is 17.0 Å². The van der Waals surface area contributed by atoms with Gasteiger partial charge in [-0.05, 0) is 49.2 Å². The topological polar surface area (TPSA) is 56.8 Å². The Bertz CT molecular complexity index is 991. The molecule has 1 heterocycles. The fourth-order valence-corrected chi connectivity index (χ4v) is 4.11. The van der Waals surface area contributed by atoms with Crippen LogP contribution in [0.1, 0.15) is 16.7 Å². The second-order valence-corrected chi connectivity index (χ2v) is 8.48. The van der Waals surface area contributed by atoms with E-state index in [0.29, 0.717) is 44.5 Å². The minimum atomic E-state index is -0.223. The van der Waals surface area contributed by atoms with Gasteiger partial charge in [0.1, 0.15) is 23.3 Å². The fourth-order valence-electron chi connectivity index (χ4n) is 2.79. The Morgan fingerprint density at radius 1 is 1.14 bits per heavy atom. The van der Waals surface area contributed by atoms with Gasteiger partial charge < -0.3 is 19.5 Å². The highest BCUT2D eigenvalue weighted by Gasteiger charge is 2.22. The number of benzene rings is 2. The quantitative estimate of drug-likeness (QED) is 0.368. The van der Waals surface area contributed by atoms with Crippen LogP contribution in [0.15, 0.2) is 35.2 Å². The van der Waals surface area contributed by atoms with Gasteiger partial charge in [-0.25, -0.2) is 0 Å². The molecule has 152 valence electrons. The van der Waals surface area contributed by atoms with E-state index >= 15 is 0 Å². The lowest BCUT2D eigenvalue weighted by atomic mass is 10.1. The predicted molar refractivity (Wildman–Crippen MR) is 121 cm³/mol. The van der Waals surface area contributed by atoms with Gasteiger partial charge in [0.2, 0.25) is 0 Å². The maximum atomic E-state index is 11.8. The van der Waals surface area contributed by atoms with Crippen LogP contribution in [0.4, 0.5) is 0 Å². The Balaban J connectivity index is 1.67. The number of carbonyl (C=O) groups excluding carboxylic acids is 1. The molecule has 0 atom stereocenters. The fraction of sp³-hybridized carbons (Fsp3) is 0.238. The Kier molecular flexibility index (Phi) is 7.05. The number of rotatable bonds is 7. The van der Waals surface area contributed by atoms with Crippen LogP contribution in [-0.4, -0.2) is 30.6 Å². The monoisotopic (exact) mass is 449 g/mol. The summed E-state index contributed by atoms with van der Waals surface area (Å²) in [5.41, 5.74) is 2.98. The first-order valence-electron chi connectivity index (χ1n) is 8.82. The highest BCUT2D eigenvalue weighted by molar-refractivity contribution is 8.26. The molecule has 0 spiro atoms. The smallest absolute Gasteiger partial charge is 0.263 e. The zero-order valence-corrected chi connectivity index (χ0v) is 18.6. The van der Waals surface area contributed by atoms with E-state index in [1.807, 2.05) is 26.0 Å². The van der Waals surface area contributed by atoms with Gasteiger partial charge in [0, 0.05) is 0 Å². The van der Waals surface area contributed by atoms with Crippen LogP contribution in [-0.2, 0) is 4.79 Å². The number of thioether (sulfide) groups is 1. The Morgan fingerprint density at radius 2 is 1.90 bits per heavy atom. The van der Waals surface area contributed by atoms with Crippen molar-refractivity contribution in [2.45, 2.75) is 13.8 Å². The second-order valence-electron chi connectivity index (χ2n) is 6.35. The van der Waals surface area contributed by atoms with Crippen molar-refractivity contribution in [2.75, 3.05) is 20.3 Å². The molecular weight excluding hydrogens is 430 g/mol. The van der Waals surface area contributed by atoms with E-state index in [1.165, 1.54) is 24.4 Å². The normalized spacial score (nSPS) is 14.8. The van der Waals surface area contributed by atoms with Crippen LogP contribution >= 0.6 is 35.6 Å². The third-order valence-electron chi connectivity index (χ3n) is 4.11. The summed E-state index contributed by atoms with van der Waals surface area (Å²) in [6.45, 7) is 4.71. The zero-order valence-electron chi connectivity index (χ0n) is 16.2. The average molecular weight is 450 g/mol. The number of aryl methyl sites for hydroxylation is 2. The minimum absolute atomic E-state index is 0.223. The predicted octanol–water partition coefficient (Wildman–Crippen LogP) is 4.91. The first-order chi connectivity index (χ1) is 13.9. The van der Waals surface area contributed by atoms with Crippen molar-refractivity contribution in [3.8, 4) is 17.2 Å². The molecule has 0 unspecified atom stereocenters. The summed E-state index contributed by atoms with van der Waals surface area (Å²) >= 11 is 12.6. The number of thiocarbonyl (C=S) groups is 1. The molecule has 1 N–H and O–H groups in total. The minimum Gasteiger partial charge on any atom is -0.493 e. The number of halogens is 1. The summed E-state index contributed by atoms with van der Waals surface area (Å²) in [5, 5.41) is 2.96. The molecular formula is C21H20ClNO4S2. The molecule has 0 radical (unpaired) electrons. The molecule has 0 aromatic heterocycles. The number of ether oxygens (including phenoxy) is 3. The van der Waals surface area contributed by atoms with E-state index in [0.717, 1.165) is 11.3 Å². The lowest BCUT2D eigenvalue weighted by Gasteiger charge is -2.14. The van der Waals surface area contributed by atoms with E-state index in [1.54, 1.807) is 18.2 Å². The number of hydrogen-bond acceptors (Lipinski definition) is 6. The van der Waals surface area contributed by atoms with Gasteiger partial charge in [-0.3, -0.25) is 4.79 Å². The third kappa shape index (κ3) is 5.44. The Hall–Kier alpha value is -2.22. The molecule has 0 saturated carbocycles. The van der Waals surface area contributed by atoms with Crippen LogP contribution < -0.4 is 19.5 Å². The van der Waals surface area contributed by atoms with Gasteiger partial charge in [0.15, 0.2) is 11.5 Å². The number of nitrogens with one attached hydrogen (secondary N) is 1. The highest BCUT2D eigenvalue weighted by atomic mass is 35.5. The molecule has 8 heteroatoms. The lowest BCUT2D eigenvalue weighted by molar-refractivity contribution is -0.115. The van der Waals surface area contributed by atoms with Crippen molar-refractivity contribution < 1.29 is 19.0 Å². The number of methoxy groups -OCH3 is 1. The van der Waals surface area contributed by atoms with E-state index < -0.39 is 0 Å². The van der Waals surface area contributed by atoms with Crippen molar-refractivity contribution in [2.24, 2.45) is 0 Å². The Labute approximate surface area is 184 Å². The molecule has 1 aliphatic heterocycles. The summed E-state index contributed by atoms with van der Waals surface area (Å²) in [4.78, 5) is 12.3. The molecule has 0 aliphatic carbocycles. The molecule has 2 aromatic rings. The van der Waals surface area contributed by atoms with Gasteiger partial charge in [-0.1, -0.05) is 53.3 Å². The summed E-state index contributed by atoms with van der Waals surface area (Å²) in [6.07, 6.45) is 1.71. The van der Waals surface area contributed by atoms with Gasteiger partial charge >= 0.3 is 0 Å². The van der Waals surface area contributed by atoms with Crippen LogP contribution in [0.3, 0.4) is 0 Å². The van der Waals surface area contributed by atoms with Gasteiger partial charge in [0.25, 0.3) is 5.91 Å². The molecule has 3 rings (SSSR count). The maximum Gasteiger partial charge on any atom is 0.263 e. The molecule has 1 saturated heterocycles. The Morgan fingerprint density at radius 3 is 2.55 bits per heavy atom.